The highest BCUT2D eigenvalue weighted by Gasteiger charge is 2.13. The third-order valence-corrected chi connectivity index (χ3v) is 2.47. The van der Waals surface area contributed by atoms with Crippen LogP contribution in [0.4, 0.5) is 10.5 Å². The van der Waals surface area contributed by atoms with Gasteiger partial charge in [0.2, 0.25) is 5.91 Å². The van der Waals surface area contributed by atoms with Crippen LogP contribution < -0.4 is 20.8 Å². The van der Waals surface area contributed by atoms with Gasteiger partial charge in [-0.15, -0.1) is 0 Å². The standard InChI is InChI=1S/C13H13N3O4/c1-3-20-10-6-8(14-11(18)4-7(2)17)5-9-12(10)16-13(19)15-9/h5-6H,3-4H2,1-2H3,(H,14,18). The van der Waals surface area contributed by atoms with Crippen molar-refractivity contribution in [1.82, 2.24) is 0 Å². The molecule has 0 spiro atoms. The van der Waals surface area contributed by atoms with Crippen molar-refractivity contribution in [3.05, 3.63) is 22.8 Å². The van der Waals surface area contributed by atoms with Gasteiger partial charge in [0.05, 0.1) is 13.0 Å². The van der Waals surface area contributed by atoms with Crippen LogP contribution in [0.1, 0.15) is 20.3 Å². The number of anilines is 1. The van der Waals surface area contributed by atoms with Gasteiger partial charge in [0.25, 0.3) is 0 Å². The topological polar surface area (TPSA) is 97.2 Å². The van der Waals surface area contributed by atoms with Crippen molar-refractivity contribution in [2.24, 2.45) is 9.98 Å². The van der Waals surface area contributed by atoms with Gasteiger partial charge in [-0.3, -0.25) is 9.59 Å². The first-order chi connectivity index (χ1) is 9.49. The maximum absolute atomic E-state index is 11.6. The van der Waals surface area contributed by atoms with E-state index in [1.165, 1.54) is 13.0 Å². The van der Waals surface area contributed by atoms with Gasteiger partial charge in [-0.25, -0.2) is 4.79 Å². The first-order valence-corrected chi connectivity index (χ1v) is 6.07. The van der Waals surface area contributed by atoms with E-state index in [4.69, 9.17) is 4.74 Å². The Morgan fingerprint density at radius 2 is 2.05 bits per heavy atom. The number of urea groups is 1. The van der Waals surface area contributed by atoms with Crippen molar-refractivity contribution in [2.75, 3.05) is 11.9 Å². The normalized spacial score (nSPS) is 12.2. The Bertz CT molecular complexity index is 709. The Labute approximate surface area is 114 Å². The molecule has 0 saturated carbocycles. The molecule has 7 heteroatoms. The summed E-state index contributed by atoms with van der Waals surface area (Å²) in [5, 5.41) is 3.27. The molecule has 1 N–H and O–H groups in total. The van der Waals surface area contributed by atoms with Gasteiger partial charge in [0.15, 0.2) is 0 Å². The predicted molar refractivity (Wildman–Crippen MR) is 69.2 cm³/mol. The Morgan fingerprint density at radius 1 is 1.30 bits per heavy atom. The van der Waals surface area contributed by atoms with Gasteiger partial charge in [0.1, 0.15) is 22.2 Å². The molecule has 0 radical (unpaired) electrons. The second-order valence-corrected chi connectivity index (χ2v) is 4.21. The molecule has 1 aromatic carbocycles. The monoisotopic (exact) mass is 275 g/mol. The average Bonchev–Trinajstić information content (AvgIpc) is 2.68. The van der Waals surface area contributed by atoms with Crippen molar-refractivity contribution < 1.29 is 19.1 Å². The number of rotatable bonds is 5. The van der Waals surface area contributed by atoms with E-state index in [2.05, 4.69) is 15.3 Å². The van der Waals surface area contributed by atoms with Gasteiger partial charge in [-0.2, -0.15) is 9.98 Å². The summed E-state index contributed by atoms with van der Waals surface area (Å²) < 4.78 is 5.38. The maximum Gasteiger partial charge on any atom is 0.368 e. The summed E-state index contributed by atoms with van der Waals surface area (Å²) in [6, 6.07) is 2.47. The second-order valence-electron chi connectivity index (χ2n) is 4.21. The molecule has 0 aromatic heterocycles. The van der Waals surface area contributed by atoms with Gasteiger partial charge < -0.3 is 10.1 Å². The fraction of sp³-hybridized carbons (Fsp3) is 0.308. The zero-order valence-corrected chi connectivity index (χ0v) is 11.1. The smallest absolute Gasteiger partial charge is 0.368 e. The molecule has 0 atom stereocenters. The molecule has 1 heterocycles. The molecule has 0 aliphatic carbocycles. The Hall–Kier alpha value is -2.57. The van der Waals surface area contributed by atoms with E-state index in [1.807, 2.05) is 0 Å². The summed E-state index contributed by atoms with van der Waals surface area (Å²) in [6.45, 7) is 3.52. The number of fused-ring (bicyclic) bond motifs is 1. The van der Waals surface area contributed by atoms with Gasteiger partial charge in [0, 0.05) is 11.8 Å². The van der Waals surface area contributed by atoms with Crippen LogP contribution in [0.15, 0.2) is 22.1 Å². The summed E-state index contributed by atoms with van der Waals surface area (Å²) >= 11 is 0. The lowest BCUT2D eigenvalue weighted by Gasteiger charge is -2.07. The predicted octanol–water partition coefficient (Wildman–Crippen LogP) is 0.376. The molecule has 0 fully saturated rings. The molecule has 2 rings (SSSR count). The third kappa shape index (κ3) is 3.05. The molecule has 0 unspecified atom stereocenters. The number of benzene rings is 1. The van der Waals surface area contributed by atoms with Crippen LogP contribution in [0.5, 0.6) is 5.75 Å². The number of nitrogens with one attached hydrogen (secondary N) is 1. The average molecular weight is 275 g/mol. The SMILES string of the molecule is CCOc1cc(NC(=O)CC(C)=O)cc2c1=NC(=O)N=2. The molecule has 0 bridgehead atoms. The van der Waals surface area contributed by atoms with Crippen molar-refractivity contribution in [3.63, 3.8) is 0 Å². The molecule has 20 heavy (non-hydrogen) atoms. The minimum atomic E-state index is -0.604. The molecular formula is C13H13N3O4. The van der Waals surface area contributed by atoms with Gasteiger partial charge in [-0.1, -0.05) is 0 Å². The Morgan fingerprint density at radius 3 is 2.70 bits per heavy atom. The number of hydrogen-bond donors (Lipinski definition) is 1. The molecule has 1 aliphatic heterocycles. The quantitative estimate of drug-likeness (QED) is 0.785. The Balaban J connectivity index is 2.36. The van der Waals surface area contributed by atoms with E-state index >= 15 is 0 Å². The summed E-state index contributed by atoms with van der Waals surface area (Å²) in [6.07, 6.45) is -0.207. The van der Waals surface area contributed by atoms with E-state index in [0.717, 1.165) is 0 Å². The van der Waals surface area contributed by atoms with E-state index in [0.29, 0.717) is 28.8 Å². The van der Waals surface area contributed by atoms with Crippen molar-refractivity contribution in [3.8, 4) is 5.75 Å². The highest BCUT2D eigenvalue weighted by molar-refractivity contribution is 6.03. The number of nitrogens with zero attached hydrogens (tertiary/aromatic N) is 2. The largest absolute Gasteiger partial charge is 0.491 e. The highest BCUT2D eigenvalue weighted by Crippen LogP contribution is 2.12. The zero-order chi connectivity index (χ0) is 14.7. The zero-order valence-electron chi connectivity index (χ0n) is 11.1. The molecular weight excluding hydrogens is 262 g/mol. The Kier molecular flexibility index (Phi) is 3.88. The fourth-order valence-corrected chi connectivity index (χ4v) is 1.78. The van der Waals surface area contributed by atoms with Crippen LogP contribution in [-0.2, 0) is 9.59 Å². The van der Waals surface area contributed by atoms with Crippen LogP contribution in [-0.4, -0.2) is 24.3 Å². The molecule has 104 valence electrons. The number of carbonyl (C=O) groups is 3. The minimum absolute atomic E-state index is 0.207. The number of amides is 3. The second kappa shape index (κ2) is 5.60. The minimum Gasteiger partial charge on any atom is -0.491 e. The first-order valence-electron chi connectivity index (χ1n) is 6.07. The van der Waals surface area contributed by atoms with Gasteiger partial charge in [-0.05, 0) is 19.9 Å². The fourth-order valence-electron chi connectivity index (χ4n) is 1.78. The highest BCUT2D eigenvalue weighted by atomic mass is 16.5. The van der Waals surface area contributed by atoms with Crippen LogP contribution >= 0.6 is 0 Å². The van der Waals surface area contributed by atoms with E-state index < -0.39 is 11.9 Å². The third-order valence-electron chi connectivity index (χ3n) is 2.47. The number of ether oxygens (including phenoxy) is 1. The van der Waals surface area contributed by atoms with Crippen LogP contribution in [0, 0.1) is 0 Å². The van der Waals surface area contributed by atoms with E-state index in [9.17, 15) is 14.4 Å². The summed E-state index contributed by atoms with van der Waals surface area (Å²) in [5.74, 6) is -0.289. The van der Waals surface area contributed by atoms with Crippen molar-refractivity contribution in [1.29, 1.82) is 0 Å². The number of carbonyl (C=O) groups excluding carboxylic acids is 3. The number of Topliss-reactive ketones (excluding diaryl/α,β-unsaturated/α-hetero) is 1. The van der Waals surface area contributed by atoms with Crippen molar-refractivity contribution in [2.45, 2.75) is 20.3 Å². The number of hydrogen-bond acceptors (Lipinski definition) is 4. The van der Waals surface area contributed by atoms with Crippen LogP contribution in [0.3, 0.4) is 0 Å². The lowest BCUT2D eigenvalue weighted by Crippen LogP contribution is -2.26. The molecule has 1 aromatic rings. The number of ketones is 1. The lowest BCUT2D eigenvalue weighted by atomic mass is 10.2. The summed E-state index contributed by atoms with van der Waals surface area (Å²) in [7, 11) is 0. The van der Waals surface area contributed by atoms with Crippen LogP contribution in [0.25, 0.3) is 0 Å². The first kappa shape index (κ1) is 13.9. The summed E-state index contributed by atoms with van der Waals surface area (Å²) in [5.41, 5.74) is 0.409. The molecule has 0 saturated heterocycles. The lowest BCUT2D eigenvalue weighted by molar-refractivity contribution is -0.124. The van der Waals surface area contributed by atoms with E-state index in [-0.39, 0.29) is 12.2 Å². The summed E-state index contributed by atoms with van der Waals surface area (Å²) in [4.78, 5) is 41.1. The molecule has 3 amide bonds. The van der Waals surface area contributed by atoms with Gasteiger partial charge >= 0.3 is 6.03 Å². The van der Waals surface area contributed by atoms with Crippen molar-refractivity contribution >= 4 is 23.4 Å². The van der Waals surface area contributed by atoms with Crippen LogP contribution in [0.2, 0.25) is 0 Å². The molecule has 1 aliphatic rings. The molecule has 7 nitrogen and oxygen atoms in total. The maximum atomic E-state index is 11.6. The van der Waals surface area contributed by atoms with E-state index in [1.54, 1.807) is 13.0 Å².